The van der Waals surface area contributed by atoms with Gasteiger partial charge in [0.15, 0.2) is 5.96 Å². The lowest BCUT2D eigenvalue weighted by atomic mass is 9.97. The number of rotatable bonds is 8. The number of aryl methyl sites for hydroxylation is 2. The van der Waals surface area contributed by atoms with Gasteiger partial charge in [0.25, 0.3) is 0 Å². The van der Waals surface area contributed by atoms with Crippen LogP contribution >= 0.6 is 46.7 Å². The summed E-state index contributed by atoms with van der Waals surface area (Å²) < 4.78 is 0. The molecule has 1 saturated heterocycles. The summed E-state index contributed by atoms with van der Waals surface area (Å²) in [5.41, 5.74) is 2.39. The minimum atomic E-state index is 0. The van der Waals surface area contributed by atoms with E-state index in [2.05, 4.69) is 43.2 Å². The highest BCUT2D eigenvalue weighted by atomic mass is 127. The molecule has 1 aliphatic heterocycles. The number of nitrogens with one attached hydrogen (secondary N) is 2. The fourth-order valence-electron chi connectivity index (χ4n) is 3.46. The molecular formula is C20H33IN6S2. The highest BCUT2D eigenvalue weighted by molar-refractivity contribution is 14.0. The molecule has 2 aromatic rings. The number of thiazole rings is 2. The number of guanidine groups is 1. The second kappa shape index (κ2) is 12.8. The number of hydrogen-bond donors (Lipinski definition) is 2. The van der Waals surface area contributed by atoms with E-state index in [1.165, 1.54) is 23.5 Å². The van der Waals surface area contributed by atoms with Crippen LogP contribution in [0.15, 0.2) is 15.8 Å². The first-order chi connectivity index (χ1) is 13.7. The molecule has 3 heterocycles. The average Bonchev–Trinajstić information content (AvgIpc) is 3.34. The van der Waals surface area contributed by atoms with E-state index in [4.69, 9.17) is 4.98 Å². The van der Waals surface area contributed by atoms with Gasteiger partial charge in [0.05, 0.1) is 21.4 Å². The Hall–Kier alpha value is -0.780. The molecule has 3 rings (SSSR count). The third-order valence-electron chi connectivity index (χ3n) is 5.12. The Morgan fingerprint density at radius 1 is 1.17 bits per heavy atom. The highest BCUT2D eigenvalue weighted by Gasteiger charge is 2.20. The van der Waals surface area contributed by atoms with E-state index >= 15 is 0 Å². The molecule has 0 aliphatic carbocycles. The molecule has 0 aromatic carbocycles. The Kier molecular flexibility index (Phi) is 10.8. The van der Waals surface area contributed by atoms with Crippen LogP contribution in [-0.4, -0.2) is 54.1 Å². The molecular weight excluding hydrogens is 515 g/mol. The zero-order chi connectivity index (χ0) is 19.8. The van der Waals surface area contributed by atoms with Gasteiger partial charge in [0.1, 0.15) is 0 Å². The Morgan fingerprint density at radius 3 is 2.55 bits per heavy atom. The van der Waals surface area contributed by atoms with E-state index in [0.717, 1.165) is 62.2 Å². The summed E-state index contributed by atoms with van der Waals surface area (Å²) in [7, 11) is 1.84. The van der Waals surface area contributed by atoms with Crippen molar-refractivity contribution in [3.05, 3.63) is 32.2 Å². The van der Waals surface area contributed by atoms with Crippen molar-refractivity contribution in [1.29, 1.82) is 0 Å². The molecule has 9 heteroatoms. The van der Waals surface area contributed by atoms with Gasteiger partial charge >= 0.3 is 0 Å². The Morgan fingerprint density at radius 2 is 1.93 bits per heavy atom. The number of piperidine rings is 1. The van der Waals surface area contributed by atoms with Gasteiger partial charge in [-0.2, -0.15) is 0 Å². The zero-order valence-electron chi connectivity index (χ0n) is 17.6. The molecule has 162 valence electrons. The Labute approximate surface area is 199 Å². The fourth-order valence-corrected chi connectivity index (χ4v) is 4.84. The van der Waals surface area contributed by atoms with E-state index in [1.54, 1.807) is 22.7 Å². The summed E-state index contributed by atoms with van der Waals surface area (Å²) >= 11 is 3.50. The lowest BCUT2D eigenvalue weighted by Gasteiger charge is -2.31. The SMILES string of the molecule is CCc1nc(CN2CCC(CNC(=NC)NCCc3csc(C)n3)CC2)cs1.I. The van der Waals surface area contributed by atoms with E-state index < -0.39 is 0 Å². The van der Waals surface area contributed by atoms with Gasteiger partial charge in [-0.3, -0.25) is 9.89 Å². The lowest BCUT2D eigenvalue weighted by Crippen LogP contribution is -2.43. The molecule has 0 radical (unpaired) electrons. The second-order valence-corrected chi connectivity index (χ2v) is 9.30. The molecule has 0 atom stereocenters. The zero-order valence-corrected chi connectivity index (χ0v) is 21.6. The first-order valence-corrected chi connectivity index (χ1v) is 11.9. The van der Waals surface area contributed by atoms with Crippen molar-refractivity contribution < 1.29 is 0 Å². The van der Waals surface area contributed by atoms with Crippen LogP contribution in [0.5, 0.6) is 0 Å². The number of likely N-dealkylation sites (tertiary alicyclic amines) is 1. The maximum absolute atomic E-state index is 4.70. The number of halogens is 1. The van der Waals surface area contributed by atoms with Crippen molar-refractivity contribution in [3.8, 4) is 0 Å². The number of nitrogens with zero attached hydrogens (tertiary/aromatic N) is 4. The topological polar surface area (TPSA) is 65.4 Å². The first kappa shape index (κ1) is 24.5. The molecule has 0 saturated carbocycles. The first-order valence-electron chi connectivity index (χ1n) is 10.2. The van der Waals surface area contributed by atoms with Crippen molar-refractivity contribution in [2.24, 2.45) is 10.9 Å². The molecule has 2 aromatic heterocycles. The Balaban J connectivity index is 0.00000300. The lowest BCUT2D eigenvalue weighted by molar-refractivity contribution is 0.176. The van der Waals surface area contributed by atoms with Crippen molar-refractivity contribution in [2.75, 3.05) is 33.2 Å². The van der Waals surface area contributed by atoms with Crippen molar-refractivity contribution in [2.45, 2.75) is 46.1 Å². The van der Waals surface area contributed by atoms with Gasteiger partial charge in [-0.15, -0.1) is 46.7 Å². The van der Waals surface area contributed by atoms with Crippen molar-refractivity contribution >= 4 is 52.6 Å². The van der Waals surface area contributed by atoms with E-state index in [1.807, 2.05) is 14.0 Å². The predicted molar refractivity (Wildman–Crippen MR) is 135 cm³/mol. The maximum atomic E-state index is 4.70. The van der Waals surface area contributed by atoms with Gasteiger partial charge in [0, 0.05) is 43.9 Å². The van der Waals surface area contributed by atoms with Crippen molar-refractivity contribution in [3.63, 3.8) is 0 Å². The van der Waals surface area contributed by atoms with Crippen LogP contribution in [0.25, 0.3) is 0 Å². The van der Waals surface area contributed by atoms with Crippen LogP contribution < -0.4 is 10.6 Å². The summed E-state index contributed by atoms with van der Waals surface area (Å²) in [6, 6.07) is 0. The normalized spacial score (nSPS) is 15.9. The van der Waals surface area contributed by atoms with Crippen LogP contribution in [0.2, 0.25) is 0 Å². The molecule has 29 heavy (non-hydrogen) atoms. The van der Waals surface area contributed by atoms with Gasteiger partial charge in [-0.05, 0) is 45.2 Å². The van der Waals surface area contributed by atoms with E-state index in [9.17, 15) is 0 Å². The van der Waals surface area contributed by atoms with Crippen LogP contribution in [-0.2, 0) is 19.4 Å². The Bertz CT molecular complexity index is 752. The molecule has 0 spiro atoms. The summed E-state index contributed by atoms with van der Waals surface area (Å²) in [6.45, 7) is 9.36. The third-order valence-corrected chi connectivity index (χ3v) is 6.98. The minimum absolute atomic E-state index is 0. The van der Waals surface area contributed by atoms with Crippen molar-refractivity contribution in [1.82, 2.24) is 25.5 Å². The summed E-state index contributed by atoms with van der Waals surface area (Å²) in [4.78, 5) is 16.1. The molecule has 0 amide bonds. The summed E-state index contributed by atoms with van der Waals surface area (Å²) in [6.07, 6.45) is 4.43. The molecule has 0 bridgehead atoms. The van der Waals surface area contributed by atoms with Crippen LogP contribution in [0.4, 0.5) is 0 Å². The second-order valence-electron chi connectivity index (χ2n) is 7.29. The van der Waals surface area contributed by atoms with E-state index in [0.29, 0.717) is 5.92 Å². The summed E-state index contributed by atoms with van der Waals surface area (Å²) in [5.74, 6) is 1.60. The molecule has 2 N–H and O–H groups in total. The van der Waals surface area contributed by atoms with Crippen LogP contribution in [0.1, 0.15) is 41.2 Å². The molecule has 1 fully saturated rings. The number of aliphatic imine (C=N–C) groups is 1. The highest BCUT2D eigenvalue weighted by Crippen LogP contribution is 2.19. The average molecular weight is 549 g/mol. The van der Waals surface area contributed by atoms with Gasteiger partial charge in [-0.25, -0.2) is 9.97 Å². The van der Waals surface area contributed by atoms with Gasteiger partial charge in [-0.1, -0.05) is 6.92 Å². The fraction of sp³-hybridized carbons (Fsp3) is 0.650. The standard InChI is InChI=1S/C20H32N6S2.HI/c1-4-19-25-18(14-28-19)12-26-9-6-16(7-10-26)11-23-20(21-3)22-8-5-17-13-27-15(2)24-17;/h13-14,16H,4-12H2,1-3H3,(H2,21,22,23);1H. The quantitative estimate of drug-likeness (QED) is 0.299. The van der Waals surface area contributed by atoms with E-state index in [-0.39, 0.29) is 24.0 Å². The summed E-state index contributed by atoms with van der Waals surface area (Å²) in [5, 5.41) is 13.6. The number of aromatic nitrogens is 2. The van der Waals surface area contributed by atoms with Gasteiger partial charge < -0.3 is 10.6 Å². The minimum Gasteiger partial charge on any atom is -0.356 e. The molecule has 1 aliphatic rings. The van der Waals surface area contributed by atoms with Crippen LogP contribution in [0, 0.1) is 12.8 Å². The smallest absolute Gasteiger partial charge is 0.190 e. The monoisotopic (exact) mass is 548 g/mol. The predicted octanol–water partition coefficient (Wildman–Crippen LogP) is 3.71. The maximum Gasteiger partial charge on any atom is 0.190 e. The largest absolute Gasteiger partial charge is 0.356 e. The molecule has 0 unspecified atom stereocenters. The third kappa shape index (κ3) is 8.10. The number of hydrogen-bond acceptors (Lipinski definition) is 6. The van der Waals surface area contributed by atoms with Crippen LogP contribution in [0.3, 0.4) is 0 Å². The van der Waals surface area contributed by atoms with Gasteiger partial charge in [0.2, 0.25) is 0 Å². The molecule has 6 nitrogen and oxygen atoms in total.